The quantitative estimate of drug-likeness (QED) is 0.429. The van der Waals surface area contributed by atoms with Crippen molar-refractivity contribution in [3.63, 3.8) is 0 Å². The fourth-order valence-electron chi connectivity index (χ4n) is 3.28. The minimum absolute atomic E-state index is 0.124. The van der Waals surface area contributed by atoms with Crippen LogP contribution in [0, 0.1) is 27.7 Å². The zero-order valence-corrected chi connectivity index (χ0v) is 15.3. The van der Waals surface area contributed by atoms with Crippen molar-refractivity contribution >= 4 is 6.29 Å². The second-order valence-electron chi connectivity index (χ2n) is 6.91. The fraction of sp³-hybridized carbons (Fsp3) is 0.208. The number of carbonyl (C=O) groups is 1. The van der Waals surface area contributed by atoms with Crippen LogP contribution < -0.4 is 0 Å². The van der Waals surface area contributed by atoms with Crippen LogP contribution in [0.1, 0.15) is 55.2 Å². The summed E-state index contributed by atoms with van der Waals surface area (Å²) in [7, 11) is 0. The molecule has 0 spiro atoms. The van der Waals surface area contributed by atoms with Crippen LogP contribution in [0.2, 0.25) is 0 Å². The summed E-state index contributed by atoms with van der Waals surface area (Å²) in [6, 6.07) is 21.2. The average Bonchev–Trinajstić information content (AvgIpc) is 2.61. The Morgan fingerprint density at radius 1 is 0.640 bits per heavy atom. The standard InChI is InChI=1S/C24H24O/c1-16-8-10-22(12-18(16)3)24(21-7-5-6-20(14-21)15-25)23-11-9-17(2)19(4)13-23/h5-15,24H,1-4H3. The predicted octanol–water partition coefficient (Wildman–Crippen LogP) is 5.91. The molecule has 1 nitrogen and oxygen atoms in total. The van der Waals surface area contributed by atoms with Crippen molar-refractivity contribution in [1.82, 2.24) is 0 Å². The minimum atomic E-state index is 0.124. The molecule has 3 rings (SSSR count). The molecule has 0 heterocycles. The fourth-order valence-corrected chi connectivity index (χ4v) is 3.28. The van der Waals surface area contributed by atoms with Gasteiger partial charge in [0.1, 0.15) is 6.29 Å². The van der Waals surface area contributed by atoms with E-state index in [1.54, 1.807) is 0 Å². The molecule has 0 aliphatic carbocycles. The van der Waals surface area contributed by atoms with Crippen molar-refractivity contribution in [2.45, 2.75) is 33.6 Å². The normalized spacial score (nSPS) is 10.9. The third-order valence-corrected chi connectivity index (χ3v) is 5.11. The van der Waals surface area contributed by atoms with Gasteiger partial charge in [-0.05, 0) is 72.7 Å². The van der Waals surface area contributed by atoms with Gasteiger partial charge in [-0.15, -0.1) is 0 Å². The van der Waals surface area contributed by atoms with Gasteiger partial charge in [-0.1, -0.05) is 54.6 Å². The Bertz CT molecular complexity index is 870. The van der Waals surface area contributed by atoms with E-state index in [4.69, 9.17) is 0 Å². The Morgan fingerprint density at radius 2 is 1.16 bits per heavy atom. The molecule has 3 aromatic rings. The zero-order valence-electron chi connectivity index (χ0n) is 15.3. The van der Waals surface area contributed by atoms with E-state index in [1.807, 2.05) is 18.2 Å². The maximum absolute atomic E-state index is 11.3. The number of aldehydes is 1. The number of benzene rings is 3. The van der Waals surface area contributed by atoms with Crippen LogP contribution in [-0.2, 0) is 0 Å². The van der Waals surface area contributed by atoms with Crippen LogP contribution in [0.25, 0.3) is 0 Å². The van der Waals surface area contributed by atoms with E-state index in [0.717, 1.165) is 17.4 Å². The van der Waals surface area contributed by atoms with Crippen LogP contribution in [0.15, 0.2) is 60.7 Å². The second-order valence-corrected chi connectivity index (χ2v) is 6.91. The summed E-state index contributed by atoms with van der Waals surface area (Å²) in [5.41, 5.74) is 9.55. The van der Waals surface area contributed by atoms with Crippen LogP contribution in [-0.4, -0.2) is 6.29 Å². The number of aryl methyl sites for hydroxylation is 4. The molecule has 0 N–H and O–H groups in total. The first kappa shape index (κ1) is 17.2. The Hall–Kier alpha value is -2.67. The lowest BCUT2D eigenvalue weighted by atomic mass is 9.82. The van der Waals surface area contributed by atoms with Crippen LogP contribution in [0.5, 0.6) is 0 Å². The minimum Gasteiger partial charge on any atom is -0.298 e. The molecule has 0 bridgehead atoms. The highest BCUT2D eigenvalue weighted by molar-refractivity contribution is 5.75. The first-order valence-corrected chi connectivity index (χ1v) is 8.69. The molecule has 25 heavy (non-hydrogen) atoms. The van der Waals surface area contributed by atoms with E-state index in [9.17, 15) is 4.79 Å². The molecule has 0 saturated heterocycles. The lowest BCUT2D eigenvalue weighted by Crippen LogP contribution is -2.05. The van der Waals surface area contributed by atoms with Gasteiger partial charge in [0.05, 0.1) is 0 Å². The largest absolute Gasteiger partial charge is 0.298 e. The Kier molecular flexibility index (Phi) is 4.85. The molecular weight excluding hydrogens is 304 g/mol. The highest BCUT2D eigenvalue weighted by Crippen LogP contribution is 2.34. The van der Waals surface area contributed by atoms with E-state index < -0.39 is 0 Å². The summed E-state index contributed by atoms with van der Waals surface area (Å²) in [4.78, 5) is 11.3. The average molecular weight is 328 g/mol. The van der Waals surface area contributed by atoms with Gasteiger partial charge in [0.2, 0.25) is 0 Å². The zero-order chi connectivity index (χ0) is 18.0. The van der Waals surface area contributed by atoms with Crippen molar-refractivity contribution in [1.29, 1.82) is 0 Å². The second kappa shape index (κ2) is 7.06. The summed E-state index contributed by atoms with van der Waals surface area (Å²) in [5, 5.41) is 0. The van der Waals surface area contributed by atoms with Crippen LogP contribution in [0.3, 0.4) is 0 Å². The number of rotatable bonds is 4. The molecule has 0 atom stereocenters. The molecule has 0 saturated carbocycles. The van der Waals surface area contributed by atoms with E-state index in [2.05, 4.69) is 70.2 Å². The molecule has 0 amide bonds. The van der Waals surface area contributed by atoms with Gasteiger partial charge in [-0.25, -0.2) is 0 Å². The molecule has 0 fully saturated rings. The first-order valence-electron chi connectivity index (χ1n) is 8.69. The molecule has 0 unspecified atom stereocenters. The summed E-state index contributed by atoms with van der Waals surface area (Å²) >= 11 is 0. The Balaban J connectivity index is 2.21. The lowest BCUT2D eigenvalue weighted by molar-refractivity contribution is 0.112. The summed E-state index contributed by atoms with van der Waals surface area (Å²) in [5.74, 6) is 0.124. The van der Waals surface area contributed by atoms with Crippen molar-refractivity contribution in [2.24, 2.45) is 0 Å². The third kappa shape index (κ3) is 3.56. The topological polar surface area (TPSA) is 17.1 Å². The van der Waals surface area contributed by atoms with Gasteiger partial charge in [-0.2, -0.15) is 0 Å². The van der Waals surface area contributed by atoms with Gasteiger partial charge < -0.3 is 0 Å². The maximum Gasteiger partial charge on any atom is 0.150 e. The molecule has 1 heteroatoms. The Labute approximate surface area is 150 Å². The van der Waals surface area contributed by atoms with Crippen molar-refractivity contribution in [3.05, 3.63) is 105 Å². The van der Waals surface area contributed by atoms with Crippen molar-refractivity contribution in [2.75, 3.05) is 0 Å². The molecule has 3 aromatic carbocycles. The van der Waals surface area contributed by atoms with Gasteiger partial charge in [0.15, 0.2) is 0 Å². The smallest absolute Gasteiger partial charge is 0.150 e. The highest BCUT2D eigenvalue weighted by atomic mass is 16.1. The predicted molar refractivity (Wildman–Crippen MR) is 105 cm³/mol. The SMILES string of the molecule is Cc1ccc(C(c2cccc(C=O)c2)c2ccc(C)c(C)c2)cc1C. The molecular formula is C24H24O. The molecule has 0 aliphatic rings. The molecule has 0 radical (unpaired) electrons. The van der Waals surface area contributed by atoms with Crippen LogP contribution >= 0.6 is 0 Å². The summed E-state index contributed by atoms with van der Waals surface area (Å²) in [6.07, 6.45) is 0.918. The first-order chi connectivity index (χ1) is 12.0. The van der Waals surface area contributed by atoms with Crippen LogP contribution in [0.4, 0.5) is 0 Å². The molecule has 126 valence electrons. The van der Waals surface area contributed by atoms with Gasteiger partial charge in [-0.3, -0.25) is 4.79 Å². The number of carbonyl (C=O) groups excluding carboxylic acids is 1. The van der Waals surface area contributed by atoms with Gasteiger partial charge in [0, 0.05) is 11.5 Å². The number of hydrogen-bond donors (Lipinski definition) is 0. The maximum atomic E-state index is 11.3. The van der Waals surface area contributed by atoms with E-state index in [0.29, 0.717) is 0 Å². The summed E-state index contributed by atoms with van der Waals surface area (Å²) < 4.78 is 0. The van der Waals surface area contributed by atoms with Gasteiger partial charge >= 0.3 is 0 Å². The molecule has 0 aliphatic heterocycles. The monoisotopic (exact) mass is 328 g/mol. The lowest BCUT2D eigenvalue weighted by Gasteiger charge is -2.21. The van der Waals surface area contributed by atoms with E-state index in [-0.39, 0.29) is 5.92 Å². The Morgan fingerprint density at radius 3 is 1.64 bits per heavy atom. The van der Waals surface area contributed by atoms with Gasteiger partial charge in [0.25, 0.3) is 0 Å². The van der Waals surface area contributed by atoms with E-state index >= 15 is 0 Å². The highest BCUT2D eigenvalue weighted by Gasteiger charge is 2.18. The number of hydrogen-bond acceptors (Lipinski definition) is 1. The summed E-state index contributed by atoms with van der Waals surface area (Å²) in [6.45, 7) is 8.57. The molecule has 0 aromatic heterocycles. The van der Waals surface area contributed by atoms with Crippen molar-refractivity contribution < 1.29 is 4.79 Å². The third-order valence-electron chi connectivity index (χ3n) is 5.11. The van der Waals surface area contributed by atoms with E-state index in [1.165, 1.54) is 33.4 Å². The van der Waals surface area contributed by atoms with Crippen molar-refractivity contribution in [3.8, 4) is 0 Å².